The summed E-state index contributed by atoms with van der Waals surface area (Å²) in [6.45, 7) is 0.417. The summed E-state index contributed by atoms with van der Waals surface area (Å²) in [5.41, 5.74) is 0. The topological polar surface area (TPSA) is 23.5 Å². The normalized spacial score (nSPS) is 33.4. The number of nitrogens with zero attached hydrogens (tertiary/aromatic N) is 1. The second-order valence-electron chi connectivity index (χ2n) is 7.83. The Morgan fingerprint density at radius 1 is 0.619 bits per heavy atom. The zero-order valence-electron chi connectivity index (χ0n) is 13.8. The highest BCUT2D eigenvalue weighted by Crippen LogP contribution is 2.37. The fraction of sp³-hybridized carbons (Fsp3) is 1.00. The third-order valence-electron chi connectivity index (χ3n) is 6.48. The summed E-state index contributed by atoms with van der Waals surface area (Å²) in [5.74, 6) is 0.558. The highest BCUT2D eigenvalue weighted by Gasteiger charge is 2.38. The summed E-state index contributed by atoms with van der Waals surface area (Å²) < 4.78 is 0. The Kier molecular flexibility index (Phi) is 5.99. The monoisotopic (exact) mass is 293 g/mol. The van der Waals surface area contributed by atoms with Crippen molar-refractivity contribution in [3.8, 4) is 0 Å². The molecule has 3 saturated carbocycles. The van der Waals surface area contributed by atoms with Crippen LogP contribution in [-0.4, -0.2) is 34.7 Å². The molecule has 0 saturated heterocycles. The predicted molar refractivity (Wildman–Crippen MR) is 88.4 cm³/mol. The molecular formula is C19H35NO. The van der Waals surface area contributed by atoms with Gasteiger partial charge in [0.25, 0.3) is 0 Å². The third kappa shape index (κ3) is 3.82. The Morgan fingerprint density at radius 3 is 1.62 bits per heavy atom. The van der Waals surface area contributed by atoms with Crippen LogP contribution in [-0.2, 0) is 0 Å². The quantitative estimate of drug-likeness (QED) is 0.824. The minimum atomic E-state index is 0.417. The molecule has 2 heteroatoms. The van der Waals surface area contributed by atoms with Crippen molar-refractivity contribution in [2.45, 2.75) is 108 Å². The zero-order chi connectivity index (χ0) is 14.5. The van der Waals surface area contributed by atoms with Crippen LogP contribution in [0.4, 0.5) is 0 Å². The first-order valence-corrected chi connectivity index (χ1v) is 9.78. The fourth-order valence-electron chi connectivity index (χ4n) is 5.39. The van der Waals surface area contributed by atoms with Gasteiger partial charge in [-0.3, -0.25) is 4.90 Å². The fourth-order valence-corrected chi connectivity index (χ4v) is 5.39. The molecule has 0 spiro atoms. The smallest absolute Gasteiger partial charge is 0.0474 e. The van der Waals surface area contributed by atoms with Crippen molar-refractivity contribution in [1.82, 2.24) is 4.90 Å². The first kappa shape index (κ1) is 15.8. The van der Waals surface area contributed by atoms with Gasteiger partial charge in [0.1, 0.15) is 0 Å². The average molecular weight is 293 g/mol. The number of hydrogen-bond acceptors (Lipinski definition) is 2. The number of hydrogen-bond donors (Lipinski definition) is 1. The van der Waals surface area contributed by atoms with Gasteiger partial charge in [-0.25, -0.2) is 0 Å². The lowest BCUT2D eigenvalue weighted by Gasteiger charge is -2.50. The maximum Gasteiger partial charge on any atom is 0.0474 e. The molecule has 2 nitrogen and oxygen atoms in total. The lowest BCUT2D eigenvalue weighted by molar-refractivity contribution is -0.0175. The molecule has 21 heavy (non-hydrogen) atoms. The first-order chi connectivity index (χ1) is 10.4. The maximum absolute atomic E-state index is 9.88. The van der Waals surface area contributed by atoms with Gasteiger partial charge in [0.15, 0.2) is 0 Å². The van der Waals surface area contributed by atoms with Crippen molar-refractivity contribution >= 4 is 0 Å². The summed E-state index contributed by atoms with van der Waals surface area (Å²) in [6, 6.07) is 2.35. The van der Waals surface area contributed by atoms with Gasteiger partial charge >= 0.3 is 0 Å². The molecule has 2 unspecified atom stereocenters. The van der Waals surface area contributed by atoms with Crippen LogP contribution in [0.25, 0.3) is 0 Å². The van der Waals surface area contributed by atoms with Crippen molar-refractivity contribution in [2.24, 2.45) is 5.92 Å². The second-order valence-corrected chi connectivity index (χ2v) is 7.83. The molecule has 0 aromatic carbocycles. The molecule has 0 aromatic heterocycles. The van der Waals surface area contributed by atoms with Crippen LogP contribution < -0.4 is 0 Å². The predicted octanol–water partition coefficient (Wildman–Crippen LogP) is 4.50. The van der Waals surface area contributed by atoms with Crippen LogP contribution in [0, 0.1) is 5.92 Å². The molecule has 3 rings (SSSR count). The van der Waals surface area contributed by atoms with E-state index in [1.807, 2.05) is 0 Å². The van der Waals surface area contributed by atoms with Crippen LogP contribution in [0.5, 0.6) is 0 Å². The zero-order valence-corrected chi connectivity index (χ0v) is 13.8. The van der Waals surface area contributed by atoms with Crippen molar-refractivity contribution in [3.63, 3.8) is 0 Å². The van der Waals surface area contributed by atoms with Crippen LogP contribution in [0.3, 0.4) is 0 Å². The Bertz CT molecular complexity index is 276. The van der Waals surface area contributed by atoms with E-state index < -0.39 is 0 Å². The Morgan fingerprint density at radius 2 is 1.10 bits per heavy atom. The minimum absolute atomic E-state index is 0.417. The van der Waals surface area contributed by atoms with Crippen molar-refractivity contribution in [1.29, 1.82) is 0 Å². The van der Waals surface area contributed by atoms with Crippen molar-refractivity contribution in [3.05, 3.63) is 0 Å². The SMILES string of the molecule is OCC1CCCCC1N(C1CCCCC1)C1CCCCC1. The van der Waals surface area contributed by atoms with Gasteiger partial charge in [-0.05, 0) is 44.4 Å². The minimum Gasteiger partial charge on any atom is -0.396 e. The van der Waals surface area contributed by atoms with Crippen LogP contribution in [0.2, 0.25) is 0 Å². The molecule has 0 amide bonds. The molecule has 3 aliphatic carbocycles. The Balaban J connectivity index is 1.75. The van der Waals surface area contributed by atoms with Crippen LogP contribution in [0.15, 0.2) is 0 Å². The van der Waals surface area contributed by atoms with E-state index in [1.165, 1.54) is 89.9 Å². The van der Waals surface area contributed by atoms with E-state index in [0.29, 0.717) is 18.6 Å². The van der Waals surface area contributed by atoms with Gasteiger partial charge in [0.2, 0.25) is 0 Å². The molecule has 1 N–H and O–H groups in total. The summed E-state index contributed by atoms with van der Waals surface area (Å²) in [4.78, 5) is 2.97. The Labute approximate surface area is 131 Å². The van der Waals surface area contributed by atoms with Gasteiger partial charge < -0.3 is 5.11 Å². The molecule has 0 bridgehead atoms. The van der Waals surface area contributed by atoms with E-state index in [1.54, 1.807) is 0 Å². The van der Waals surface area contributed by atoms with E-state index in [9.17, 15) is 5.11 Å². The maximum atomic E-state index is 9.88. The summed E-state index contributed by atoms with van der Waals surface area (Å²) >= 11 is 0. The van der Waals surface area contributed by atoms with Crippen LogP contribution >= 0.6 is 0 Å². The molecule has 0 aromatic rings. The average Bonchev–Trinajstić information content (AvgIpc) is 2.58. The van der Waals surface area contributed by atoms with Gasteiger partial charge in [-0.1, -0.05) is 51.4 Å². The van der Waals surface area contributed by atoms with Gasteiger partial charge in [-0.2, -0.15) is 0 Å². The number of aliphatic hydroxyl groups is 1. The van der Waals surface area contributed by atoms with Crippen LogP contribution in [0.1, 0.15) is 89.9 Å². The van der Waals surface area contributed by atoms with Gasteiger partial charge in [-0.15, -0.1) is 0 Å². The highest BCUT2D eigenvalue weighted by atomic mass is 16.3. The molecule has 0 heterocycles. The standard InChI is InChI=1S/C19H35NO/c21-15-16-9-7-8-14-19(16)20(17-10-3-1-4-11-17)18-12-5-2-6-13-18/h16-19,21H,1-15H2. The molecule has 2 atom stereocenters. The number of aliphatic hydroxyl groups excluding tert-OH is 1. The molecule has 122 valence electrons. The summed E-state index contributed by atoms with van der Waals surface area (Å²) in [6.07, 6.45) is 19.7. The third-order valence-corrected chi connectivity index (χ3v) is 6.48. The lowest BCUT2D eigenvalue weighted by atomic mass is 9.79. The highest BCUT2D eigenvalue weighted by molar-refractivity contribution is 4.92. The molecular weight excluding hydrogens is 258 g/mol. The summed E-state index contributed by atoms with van der Waals surface area (Å²) in [5, 5.41) is 9.88. The van der Waals surface area contributed by atoms with E-state index in [0.717, 1.165) is 12.1 Å². The molecule has 3 aliphatic rings. The van der Waals surface area contributed by atoms with E-state index in [2.05, 4.69) is 4.90 Å². The second kappa shape index (κ2) is 7.97. The van der Waals surface area contributed by atoms with Crippen molar-refractivity contribution in [2.75, 3.05) is 6.61 Å². The van der Waals surface area contributed by atoms with E-state index >= 15 is 0 Å². The van der Waals surface area contributed by atoms with Gasteiger partial charge in [0, 0.05) is 24.7 Å². The molecule has 0 radical (unpaired) electrons. The first-order valence-electron chi connectivity index (χ1n) is 9.78. The van der Waals surface area contributed by atoms with Crippen molar-refractivity contribution < 1.29 is 5.11 Å². The Hall–Kier alpha value is -0.0800. The molecule has 0 aliphatic heterocycles. The largest absolute Gasteiger partial charge is 0.396 e. The van der Waals surface area contributed by atoms with Gasteiger partial charge in [0.05, 0.1) is 0 Å². The number of rotatable bonds is 4. The van der Waals surface area contributed by atoms with E-state index in [4.69, 9.17) is 0 Å². The lowest BCUT2D eigenvalue weighted by Crippen LogP contribution is -2.54. The summed E-state index contributed by atoms with van der Waals surface area (Å²) in [7, 11) is 0. The molecule has 3 fully saturated rings. The van der Waals surface area contributed by atoms with E-state index in [-0.39, 0.29) is 0 Å².